The minimum absolute atomic E-state index is 0.137. The summed E-state index contributed by atoms with van der Waals surface area (Å²) < 4.78 is 32.2. The van der Waals surface area contributed by atoms with Crippen LogP contribution in [0.3, 0.4) is 0 Å². The molecule has 1 heterocycles. The molecule has 0 aliphatic rings. The van der Waals surface area contributed by atoms with E-state index in [9.17, 15) is 13.2 Å². The highest BCUT2D eigenvalue weighted by Crippen LogP contribution is 2.15. The number of hydrogen-bond donors (Lipinski definition) is 2. The van der Waals surface area contributed by atoms with Gasteiger partial charge in [0.2, 0.25) is 10.0 Å². The monoisotopic (exact) mass is 350 g/mol. The van der Waals surface area contributed by atoms with Crippen molar-refractivity contribution in [1.29, 1.82) is 0 Å². The van der Waals surface area contributed by atoms with Crippen molar-refractivity contribution in [1.82, 2.24) is 10.0 Å². The molecule has 0 unspecified atom stereocenters. The van der Waals surface area contributed by atoms with Crippen LogP contribution in [0.5, 0.6) is 0 Å². The lowest BCUT2D eigenvalue weighted by molar-refractivity contribution is 0.0935. The van der Waals surface area contributed by atoms with Crippen LogP contribution < -0.4 is 10.0 Å². The van der Waals surface area contributed by atoms with Crippen LogP contribution in [0.2, 0.25) is 0 Å². The van der Waals surface area contributed by atoms with Gasteiger partial charge < -0.3 is 9.73 Å². The van der Waals surface area contributed by atoms with Gasteiger partial charge in [0.15, 0.2) is 0 Å². The Morgan fingerprint density at radius 1 is 1.17 bits per heavy atom. The fourth-order valence-corrected chi connectivity index (χ4v) is 3.42. The normalized spacial score (nSPS) is 14.1. The lowest BCUT2D eigenvalue weighted by atomic mass is 10.2. The van der Waals surface area contributed by atoms with Crippen LogP contribution in [0.15, 0.2) is 52.0 Å². The molecule has 2 rings (SSSR count). The molecule has 0 aliphatic heterocycles. The van der Waals surface area contributed by atoms with Crippen LogP contribution in [0, 0.1) is 0 Å². The quantitative estimate of drug-likeness (QED) is 0.804. The summed E-state index contributed by atoms with van der Waals surface area (Å²) in [5.74, 6) is 0.359. The summed E-state index contributed by atoms with van der Waals surface area (Å²) in [5, 5.41) is 2.80. The number of benzene rings is 1. The van der Waals surface area contributed by atoms with Gasteiger partial charge in [0.25, 0.3) is 5.91 Å². The third kappa shape index (κ3) is 4.46. The molecule has 2 N–H and O–H groups in total. The van der Waals surface area contributed by atoms with Crippen molar-refractivity contribution in [2.45, 2.75) is 44.2 Å². The molecule has 1 aromatic heterocycles. The van der Waals surface area contributed by atoms with E-state index in [2.05, 4.69) is 10.0 Å². The molecule has 24 heavy (non-hydrogen) atoms. The molecule has 1 amide bonds. The molecule has 0 saturated heterocycles. The van der Waals surface area contributed by atoms with Crippen LogP contribution >= 0.6 is 0 Å². The first-order chi connectivity index (χ1) is 11.3. The highest BCUT2D eigenvalue weighted by atomic mass is 32.2. The molecule has 2 aromatic rings. The average Bonchev–Trinajstić information content (AvgIpc) is 3.09. The van der Waals surface area contributed by atoms with Crippen molar-refractivity contribution in [3.63, 3.8) is 0 Å². The second kappa shape index (κ2) is 7.63. The van der Waals surface area contributed by atoms with E-state index in [4.69, 9.17) is 4.42 Å². The summed E-state index contributed by atoms with van der Waals surface area (Å²) >= 11 is 0. The number of carbonyl (C=O) groups excluding carboxylic acids is 1. The van der Waals surface area contributed by atoms with E-state index in [1.54, 1.807) is 25.3 Å². The smallest absolute Gasteiger partial charge is 0.251 e. The van der Waals surface area contributed by atoms with E-state index in [0.29, 0.717) is 17.7 Å². The molecule has 0 radical (unpaired) electrons. The van der Waals surface area contributed by atoms with Gasteiger partial charge in [-0.1, -0.05) is 6.92 Å². The van der Waals surface area contributed by atoms with Gasteiger partial charge in [-0.15, -0.1) is 0 Å². The molecular weight excluding hydrogens is 328 g/mol. The van der Waals surface area contributed by atoms with Crippen molar-refractivity contribution in [2.75, 3.05) is 0 Å². The minimum atomic E-state index is -3.57. The molecule has 0 fully saturated rings. The maximum atomic E-state index is 12.2. The summed E-state index contributed by atoms with van der Waals surface area (Å²) in [5.41, 5.74) is 0.385. The van der Waals surface area contributed by atoms with Crippen molar-refractivity contribution in [3.05, 3.63) is 54.0 Å². The second-order valence-electron chi connectivity index (χ2n) is 5.67. The Morgan fingerprint density at radius 2 is 1.83 bits per heavy atom. The summed E-state index contributed by atoms with van der Waals surface area (Å²) in [6, 6.07) is 8.96. The summed E-state index contributed by atoms with van der Waals surface area (Å²) in [6.07, 6.45) is 2.24. The van der Waals surface area contributed by atoms with Crippen LogP contribution in [-0.2, 0) is 10.0 Å². The predicted molar refractivity (Wildman–Crippen MR) is 91.1 cm³/mol. The molecule has 0 aliphatic carbocycles. The average molecular weight is 350 g/mol. The van der Waals surface area contributed by atoms with Crippen molar-refractivity contribution in [3.8, 4) is 0 Å². The SMILES string of the molecule is CC[C@H](C)NS(=O)(=O)c1ccc(C(=O)N[C@@H](C)c2ccco2)cc1. The van der Waals surface area contributed by atoms with Gasteiger partial charge in [0, 0.05) is 11.6 Å². The molecule has 1 aromatic carbocycles. The highest BCUT2D eigenvalue weighted by molar-refractivity contribution is 7.89. The summed E-state index contributed by atoms with van der Waals surface area (Å²) in [4.78, 5) is 12.4. The van der Waals surface area contributed by atoms with Gasteiger partial charge in [-0.05, 0) is 56.7 Å². The van der Waals surface area contributed by atoms with Gasteiger partial charge in [0.05, 0.1) is 17.2 Å². The van der Waals surface area contributed by atoms with Crippen molar-refractivity contribution >= 4 is 15.9 Å². The zero-order valence-electron chi connectivity index (χ0n) is 13.9. The zero-order chi connectivity index (χ0) is 17.7. The van der Waals surface area contributed by atoms with Crippen LogP contribution in [-0.4, -0.2) is 20.4 Å². The minimum Gasteiger partial charge on any atom is -0.467 e. The Labute approximate surface area is 142 Å². The predicted octanol–water partition coefficient (Wildman–Crippen LogP) is 2.85. The molecule has 0 spiro atoms. The van der Waals surface area contributed by atoms with E-state index in [-0.39, 0.29) is 22.9 Å². The van der Waals surface area contributed by atoms with Crippen LogP contribution in [0.1, 0.15) is 49.4 Å². The first-order valence-electron chi connectivity index (χ1n) is 7.80. The fraction of sp³-hybridized carbons (Fsp3) is 0.353. The lowest BCUT2D eigenvalue weighted by Crippen LogP contribution is -2.32. The highest BCUT2D eigenvalue weighted by Gasteiger charge is 2.18. The maximum absolute atomic E-state index is 12.2. The third-order valence-electron chi connectivity index (χ3n) is 3.71. The Hall–Kier alpha value is -2.12. The Morgan fingerprint density at radius 3 is 2.38 bits per heavy atom. The van der Waals surface area contributed by atoms with E-state index >= 15 is 0 Å². The number of carbonyl (C=O) groups is 1. The van der Waals surface area contributed by atoms with Crippen LogP contribution in [0.25, 0.3) is 0 Å². The number of furan rings is 1. The molecule has 2 atom stereocenters. The van der Waals surface area contributed by atoms with E-state index in [1.807, 2.05) is 13.8 Å². The molecule has 0 bridgehead atoms. The van der Waals surface area contributed by atoms with E-state index in [0.717, 1.165) is 0 Å². The zero-order valence-corrected chi connectivity index (χ0v) is 14.8. The topological polar surface area (TPSA) is 88.4 Å². The Bertz CT molecular complexity index is 767. The summed E-state index contributed by atoms with van der Waals surface area (Å²) in [7, 11) is -3.57. The standard InChI is InChI=1S/C17H22N2O4S/c1-4-12(2)19-24(21,22)15-9-7-14(8-10-15)17(20)18-13(3)16-6-5-11-23-16/h5-13,19H,4H2,1-3H3,(H,18,20)/t12-,13-/m0/s1. The molecule has 7 heteroatoms. The van der Waals surface area contributed by atoms with Crippen molar-refractivity contribution < 1.29 is 17.6 Å². The number of amides is 1. The molecule has 0 saturated carbocycles. The van der Waals surface area contributed by atoms with Gasteiger partial charge in [-0.3, -0.25) is 4.79 Å². The number of nitrogens with one attached hydrogen (secondary N) is 2. The van der Waals surface area contributed by atoms with Gasteiger partial charge in [-0.2, -0.15) is 0 Å². The maximum Gasteiger partial charge on any atom is 0.251 e. The Balaban J connectivity index is 2.07. The van der Waals surface area contributed by atoms with Crippen LogP contribution in [0.4, 0.5) is 0 Å². The van der Waals surface area contributed by atoms with E-state index < -0.39 is 10.0 Å². The van der Waals surface area contributed by atoms with Crippen molar-refractivity contribution in [2.24, 2.45) is 0 Å². The first-order valence-corrected chi connectivity index (χ1v) is 9.28. The number of hydrogen-bond acceptors (Lipinski definition) is 4. The lowest BCUT2D eigenvalue weighted by Gasteiger charge is -2.13. The Kier molecular flexibility index (Phi) is 5.80. The van der Waals surface area contributed by atoms with Gasteiger partial charge in [0.1, 0.15) is 5.76 Å². The van der Waals surface area contributed by atoms with Gasteiger partial charge >= 0.3 is 0 Å². The number of rotatable bonds is 7. The third-order valence-corrected chi connectivity index (χ3v) is 5.32. The summed E-state index contributed by atoms with van der Waals surface area (Å²) in [6.45, 7) is 5.52. The molecule has 6 nitrogen and oxygen atoms in total. The largest absolute Gasteiger partial charge is 0.467 e. The second-order valence-corrected chi connectivity index (χ2v) is 7.38. The first kappa shape index (κ1) is 18.2. The fourth-order valence-electron chi connectivity index (χ4n) is 2.09. The van der Waals surface area contributed by atoms with Gasteiger partial charge in [-0.25, -0.2) is 13.1 Å². The molecule has 130 valence electrons. The molecular formula is C17H22N2O4S. The number of sulfonamides is 1. The van der Waals surface area contributed by atoms with E-state index in [1.165, 1.54) is 24.3 Å².